The van der Waals surface area contributed by atoms with Gasteiger partial charge in [-0.05, 0) is 38.4 Å². The molecule has 2 heterocycles. The molecule has 2 aliphatic heterocycles. The van der Waals surface area contributed by atoms with Gasteiger partial charge in [0.1, 0.15) is 0 Å². The van der Waals surface area contributed by atoms with Crippen molar-refractivity contribution in [3.63, 3.8) is 0 Å². The van der Waals surface area contributed by atoms with Crippen molar-refractivity contribution in [2.75, 3.05) is 14.2 Å². The number of hydrogen-bond acceptors (Lipinski definition) is 4. The standard InChI is InChI=1S/C16H19NO2S/c1-17-11-8-9-13(17)15(16(18)19-2)14(10-11)20-12-6-4-3-5-7-12/h3-7,11,13H,8-10H2,1-2H3/t11-,13+/m0/s1. The van der Waals surface area contributed by atoms with Gasteiger partial charge in [0, 0.05) is 21.9 Å². The summed E-state index contributed by atoms with van der Waals surface area (Å²) in [5.74, 6) is -0.166. The Bertz CT molecular complexity index is 541. The Kier molecular flexibility index (Phi) is 3.85. The molecule has 0 aliphatic carbocycles. The number of benzene rings is 1. The van der Waals surface area contributed by atoms with E-state index in [2.05, 4.69) is 24.1 Å². The summed E-state index contributed by atoms with van der Waals surface area (Å²) in [6.07, 6.45) is 3.18. The van der Waals surface area contributed by atoms with Crippen molar-refractivity contribution in [1.29, 1.82) is 0 Å². The van der Waals surface area contributed by atoms with Gasteiger partial charge in [0.15, 0.2) is 0 Å². The monoisotopic (exact) mass is 289 g/mol. The minimum Gasteiger partial charge on any atom is -0.466 e. The van der Waals surface area contributed by atoms with Crippen LogP contribution in [0.5, 0.6) is 0 Å². The lowest BCUT2D eigenvalue weighted by Gasteiger charge is -2.33. The fourth-order valence-electron chi connectivity index (χ4n) is 3.20. The fourth-order valence-corrected chi connectivity index (χ4v) is 4.39. The van der Waals surface area contributed by atoms with Crippen LogP contribution in [0.15, 0.2) is 45.7 Å². The summed E-state index contributed by atoms with van der Waals surface area (Å²) in [7, 11) is 3.59. The first kappa shape index (κ1) is 13.7. The highest BCUT2D eigenvalue weighted by atomic mass is 32.2. The van der Waals surface area contributed by atoms with E-state index in [1.165, 1.54) is 23.3 Å². The Morgan fingerprint density at radius 1 is 1.30 bits per heavy atom. The molecule has 106 valence electrons. The van der Waals surface area contributed by atoms with Gasteiger partial charge in [0.05, 0.1) is 12.7 Å². The third-order valence-electron chi connectivity index (χ3n) is 4.29. The Labute approximate surface area is 124 Å². The van der Waals surface area contributed by atoms with E-state index in [4.69, 9.17) is 4.74 Å². The highest BCUT2D eigenvalue weighted by Crippen LogP contribution is 2.44. The van der Waals surface area contributed by atoms with Crippen LogP contribution in [0, 0.1) is 0 Å². The van der Waals surface area contributed by atoms with Crippen LogP contribution in [0.1, 0.15) is 19.3 Å². The Balaban J connectivity index is 1.95. The third kappa shape index (κ3) is 2.38. The van der Waals surface area contributed by atoms with Crippen LogP contribution in [0.4, 0.5) is 0 Å². The van der Waals surface area contributed by atoms with Gasteiger partial charge >= 0.3 is 5.97 Å². The number of thioether (sulfide) groups is 1. The molecule has 20 heavy (non-hydrogen) atoms. The molecule has 1 fully saturated rings. The van der Waals surface area contributed by atoms with Crippen molar-refractivity contribution >= 4 is 17.7 Å². The lowest BCUT2D eigenvalue weighted by Crippen LogP contribution is -2.40. The maximum atomic E-state index is 12.2. The van der Waals surface area contributed by atoms with Crippen molar-refractivity contribution < 1.29 is 9.53 Å². The number of carbonyl (C=O) groups excluding carboxylic acids is 1. The molecule has 3 nitrogen and oxygen atoms in total. The first-order valence-corrected chi connectivity index (χ1v) is 7.78. The van der Waals surface area contributed by atoms with Crippen LogP contribution < -0.4 is 0 Å². The maximum absolute atomic E-state index is 12.2. The van der Waals surface area contributed by atoms with Gasteiger partial charge in [-0.1, -0.05) is 30.0 Å². The second-order valence-corrected chi connectivity index (χ2v) is 6.53. The number of ether oxygens (including phenoxy) is 1. The van der Waals surface area contributed by atoms with Crippen molar-refractivity contribution in [1.82, 2.24) is 4.90 Å². The van der Waals surface area contributed by atoms with Crippen LogP contribution >= 0.6 is 11.8 Å². The number of hydrogen-bond donors (Lipinski definition) is 0. The van der Waals surface area contributed by atoms with Gasteiger partial charge in [0.2, 0.25) is 0 Å². The summed E-state index contributed by atoms with van der Waals surface area (Å²) in [6, 6.07) is 11.1. The number of methoxy groups -OCH3 is 1. The van der Waals surface area contributed by atoms with Gasteiger partial charge < -0.3 is 4.74 Å². The van der Waals surface area contributed by atoms with E-state index < -0.39 is 0 Å². The molecule has 1 aromatic rings. The molecule has 2 atom stereocenters. The van der Waals surface area contributed by atoms with Gasteiger partial charge in [0.25, 0.3) is 0 Å². The molecule has 1 aromatic carbocycles. The van der Waals surface area contributed by atoms with Gasteiger partial charge in [-0.15, -0.1) is 0 Å². The van der Waals surface area contributed by atoms with E-state index in [0.29, 0.717) is 6.04 Å². The number of rotatable bonds is 3. The van der Waals surface area contributed by atoms with Gasteiger partial charge in [-0.3, -0.25) is 4.90 Å². The van der Waals surface area contributed by atoms with E-state index in [0.717, 1.165) is 18.4 Å². The number of fused-ring (bicyclic) bond motifs is 2. The lowest BCUT2D eigenvalue weighted by molar-refractivity contribution is -0.137. The summed E-state index contributed by atoms with van der Waals surface area (Å²) in [5.41, 5.74) is 0.873. The molecule has 0 amide bonds. The van der Waals surface area contributed by atoms with Crippen molar-refractivity contribution in [2.24, 2.45) is 0 Å². The molecule has 0 unspecified atom stereocenters. The highest BCUT2D eigenvalue weighted by molar-refractivity contribution is 8.03. The van der Waals surface area contributed by atoms with Crippen molar-refractivity contribution in [3.8, 4) is 0 Å². The summed E-state index contributed by atoms with van der Waals surface area (Å²) < 4.78 is 5.02. The molecule has 0 aromatic heterocycles. The molecule has 0 spiro atoms. The topological polar surface area (TPSA) is 29.5 Å². The largest absolute Gasteiger partial charge is 0.466 e. The Hall–Kier alpha value is -1.26. The molecule has 2 bridgehead atoms. The molecule has 0 saturated carbocycles. The van der Waals surface area contributed by atoms with E-state index in [9.17, 15) is 4.79 Å². The minimum atomic E-state index is -0.166. The zero-order valence-electron chi connectivity index (χ0n) is 11.8. The molecule has 2 aliphatic rings. The average Bonchev–Trinajstić information content (AvgIpc) is 2.72. The smallest absolute Gasteiger partial charge is 0.336 e. The molecule has 3 rings (SSSR count). The maximum Gasteiger partial charge on any atom is 0.336 e. The SMILES string of the molecule is COC(=O)C1=C(Sc2ccccc2)C[C@@H]2CC[C@H]1N2C. The van der Waals surface area contributed by atoms with Gasteiger partial charge in [-0.25, -0.2) is 4.79 Å². The Morgan fingerprint density at radius 2 is 2.05 bits per heavy atom. The van der Waals surface area contributed by atoms with Crippen LogP contribution in [-0.2, 0) is 9.53 Å². The van der Waals surface area contributed by atoms with E-state index in [-0.39, 0.29) is 12.0 Å². The summed E-state index contributed by atoms with van der Waals surface area (Å²) in [5, 5.41) is 0. The molecular weight excluding hydrogens is 270 g/mol. The molecule has 1 saturated heterocycles. The summed E-state index contributed by atoms with van der Waals surface area (Å²) >= 11 is 1.72. The van der Waals surface area contributed by atoms with E-state index in [1.807, 2.05) is 18.2 Å². The number of nitrogens with zero attached hydrogens (tertiary/aromatic N) is 1. The molecule has 0 radical (unpaired) electrons. The number of carbonyl (C=O) groups is 1. The number of likely N-dealkylation sites (N-methyl/N-ethyl adjacent to an activating group) is 1. The Morgan fingerprint density at radius 3 is 2.75 bits per heavy atom. The zero-order chi connectivity index (χ0) is 14.1. The van der Waals surface area contributed by atoms with Crippen LogP contribution in [0.2, 0.25) is 0 Å². The summed E-state index contributed by atoms with van der Waals surface area (Å²) in [4.78, 5) is 16.9. The third-order valence-corrected chi connectivity index (χ3v) is 5.43. The normalized spacial score (nSPS) is 25.9. The second kappa shape index (κ2) is 5.62. The van der Waals surface area contributed by atoms with Crippen molar-refractivity contribution in [2.45, 2.75) is 36.2 Å². The lowest BCUT2D eigenvalue weighted by atomic mass is 10.0. The van der Waals surface area contributed by atoms with Crippen LogP contribution in [0.3, 0.4) is 0 Å². The predicted octanol–water partition coefficient (Wildman–Crippen LogP) is 3.07. The molecular formula is C16H19NO2S. The van der Waals surface area contributed by atoms with Crippen LogP contribution in [-0.4, -0.2) is 37.1 Å². The minimum absolute atomic E-state index is 0.166. The quantitative estimate of drug-likeness (QED) is 0.800. The first-order valence-electron chi connectivity index (χ1n) is 6.97. The molecule has 4 heteroatoms. The van der Waals surface area contributed by atoms with E-state index in [1.54, 1.807) is 11.8 Å². The first-order chi connectivity index (χ1) is 9.70. The van der Waals surface area contributed by atoms with E-state index >= 15 is 0 Å². The number of esters is 1. The second-order valence-electron chi connectivity index (χ2n) is 5.36. The highest BCUT2D eigenvalue weighted by Gasteiger charge is 2.42. The van der Waals surface area contributed by atoms with Crippen molar-refractivity contribution in [3.05, 3.63) is 40.8 Å². The zero-order valence-corrected chi connectivity index (χ0v) is 12.7. The van der Waals surface area contributed by atoms with Gasteiger partial charge in [-0.2, -0.15) is 0 Å². The summed E-state index contributed by atoms with van der Waals surface area (Å²) in [6.45, 7) is 0. The molecule has 0 N–H and O–H groups in total. The fraction of sp³-hybridized carbons (Fsp3) is 0.438. The average molecular weight is 289 g/mol. The van der Waals surface area contributed by atoms with Crippen LogP contribution in [0.25, 0.3) is 0 Å². The predicted molar refractivity (Wildman–Crippen MR) is 80.5 cm³/mol.